The minimum atomic E-state index is -0.523. The number of aldehydes is 1. The molecule has 3 heteroatoms. The lowest BCUT2D eigenvalue weighted by molar-refractivity contribution is -0.109. The Kier molecular flexibility index (Phi) is 2.79. The second-order valence-corrected chi connectivity index (χ2v) is 3.04. The van der Waals surface area contributed by atoms with E-state index < -0.39 is 6.04 Å². The van der Waals surface area contributed by atoms with Gasteiger partial charge in [-0.05, 0) is 11.6 Å². The highest BCUT2D eigenvalue weighted by Gasteiger charge is 2.05. The van der Waals surface area contributed by atoms with Gasteiger partial charge in [0.1, 0.15) is 6.29 Å². The molecule has 0 unspecified atom stereocenters. The summed E-state index contributed by atoms with van der Waals surface area (Å²) >= 11 is 3.30. The molecule has 1 atom stereocenters. The Morgan fingerprint density at radius 3 is 2.64 bits per heavy atom. The van der Waals surface area contributed by atoms with Crippen molar-refractivity contribution >= 4 is 22.2 Å². The summed E-state index contributed by atoms with van der Waals surface area (Å²) in [5, 5.41) is 0. The van der Waals surface area contributed by atoms with E-state index in [1.807, 2.05) is 24.3 Å². The molecule has 0 aliphatic rings. The van der Waals surface area contributed by atoms with Crippen LogP contribution in [0.25, 0.3) is 0 Å². The van der Waals surface area contributed by atoms with Gasteiger partial charge in [-0.15, -0.1) is 0 Å². The Morgan fingerprint density at radius 1 is 1.45 bits per heavy atom. The molecule has 0 saturated carbocycles. The Hall–Kier alpha value is -0.670. The van der Waals surface area contributed by atoms with Gasteiger partial charge >= 0.3 is 0 Å². The van der Waals surface area contributed by atoms with Crippen LogP contribution in [0, 0.1) is 0 Å². The SMILES string of the molecule is N[C@H](C=O)c1ccccc1Br. The van der Waals surface area contributed by atoms with Gasteiger partial charge in [-0.25, -0.2) is 0 Å². The zero-order valence-electron chi connectivity index (χ0n) is 5.83. The maximum Gasteiger partial charge on any atom is 0.141 e. The fourth-order valence-corrected chi connectivity index (χ4v) is 1.37. The van der Waals surface area contributed by atoms with Crippen molar-refractivity contribution < 1.29 is 4.79 Å². The lowest BCUT2D eigenvalue weighted by Crippen LogP contribution is -2.11. The van der Waals surface area contributed by atoms with Gasteiger partial charge in [0.15, 0.2) is 0 Å². The number of benzene rings is 1. The summed E-state index contributed by atoms with van der Waals surface area (Å²) in [7, 11) is 0. The molecule has 0 fully saturated rings. The maximum atomic E-state index is 10.3. The summed E-state index contributed by atoms with van der Waals surface area (Å²) < 4.78 is 0.875. The van der Waals surface area contributed by atoms with Crippen molar-refractivity contribution in [2.45, 2.75) is 6.04 Å². The molecule has 1 aromatic rings. The molecule has 0 bridgehead atoms. The molecule has 0 radical (unpaired) electrons. The van der Waals surface area contributed by atoms with Gasteiger partial charge in [0, 0.05) is 4.47 Å². The van der Waals surface area contributed by atoms with Crippen LogP contribution in [-0.4, -0.2) is 6.29 Å². The fourth-order valence-electron chi connectivity index (χ4n) is 0.819. The third-order valence-electron chi connectivity index (χ3n) is 1.41. The van der Waals surface area contributed by atoms with Crippen molar-refractivity contribution in [3.8, 4) is 0 Å². The van der Waals surface area contributed by atoms with E-state index in [1.54, 1.807) is 0 Å². The average molecular weight is 214 g/mol. The second kappa shape index (κ2) is 3.64. The van der Waals surface area contributed by atoms with Crippen LogP contribution >= 0.6 is 15.9 Å². The summed E-state index contributed by atoms with van der Waals surface area (Å²) in [5.41, 5.74) is 6.32. The van der Waals surface area contributed by atoms with E-state index in [1.165, 1.54) is 0 Å². The molecule has 0 heterocycles. The number of halogens is 1. The van der Waals surface area contributed by atoms with Gasteiger partial charge < -0.3 is 10.5 Å². The van der Waals surface area contributed by atoms with Gasteiger partial charge in [0.25, 0.3) is 0 Å². The molecular formula is C8H8BrNO. The van der Waals surface area contributed by atoms with Crippen LogP contribution in [0.4, 0.5) is 0 Å². The first-order valence-corrected chi connectivity index (χ1v) is 4.00. The largest absolute Gasteiger partial charge is 0.318 e. The topological polar surface area (TPSA) is 43.1 Å². The van der Waals surface area contributed by atoms with Crippen molar-refractivity contribution in [2.24, 2.45) is 5.73 Å². The fraction of sp³-hybridized carbons (Fsp3) is 0.125. The molecule has 0 saturated heterocycles. The average Bonchev–Trinajstić information content (AvgIpc) is 2.04. The number of carbonyl (C=O) groups is 1. The third-order valence-corrected chi connectivity index (χ3v) is 2.13. The highest BCUT2D eigenvalue weighted by molar-refractivity contribution is 9.10. The number of hydrogen-bond acceptors (Lipinski definition) is 2. The van der Waals surface area contributed by atoms with Crippen LogP contribution in [0.15, 0.2) is 28.7 Å². The molecule has 0 aliphatic heterocycles. The van der Waals surface area contributed by atoms with Crippen LogP contribution in [0.3, 0.4) is 0 Å². The molecule has 0 aliphatic carbocycles. The number of carbonyl (C=O) groups excluding carboxylic acids is 1. The third kappa shape index (κ3) is 1.88. The first-order chi connectivity index (χ1) is 5.25. The summed E-state index contributed by atoms with van der Waals surface area (Å²) in [6.07, 6.45) is 0.722. The van der Waals surface area contributed by atoms with Gasteiger partial charge in [0.2, 0.25) is 0 Å². The first-order valence-electron chi connectivity index (χ1n) is 3.21. The minimum Gasteiger partial charge on any atom is -0.318 e. The van der Waals surface area contributed by atoms with Crippen LogP contribution in [-0.2, 0) is 4.79 Å². The Balaban J connectivity index is 3.02. The summed E-state index contributed by atoms with van der Waals surface area (Å²) in [6.45, 7) is 0. The lowest BCUT2D eigenvalue weighted by atomic mass is 10.1. The zero-order chi connectivity index (χ0) is 8.27. The summed E-state index contributed by atoms with van der Waals surface area (Å²) in [4.78, 5) is 10.3. The smallest absolute Gasteiger partial charge is 0.141 e. The molecule has 0 aromatic heterocycles. The van der Waals surface area contributed by atoms with E-state index >= 15 is 0 Å². The molecule has 2 N–H and O–H groups in total. The standard InChI is InChI=1S/C8H8BrNO/c9-7-4-2-1-3-6(7)8(10)5-11/h1-5,8H,10H2/t8-/m1/s1. The normalized spacial score (nSPS) is 12.5. The predicted molar refractivity (Wildman–Crippen MR) is 47.1 cm³/mol. The van der Waals surface area contributed by atoms with E-state index in [9.17, 15) is 4.79 Å². The van der Waals surface area contributed by atoms with E-state index in [0.717, 1.165) is 16.3 Å². The molecular weight excluding hydrogens is 206 g/mol. The molecule has 58 valence electrons. The van der Waals surface area contributed by atoms with Crippen molar-refractivity contribution in [2.75, 3.05) is 0 Å². The highest BCUT2D eigenvalue weighted by Crippen LogP contribution is 2.19. The van der Waals surface area contributed by atoms with E-state index in [-0.39, 0.29) is 0 Å². The Labute approximate surface area is 73.5 Å². The second-order valence-electron chi connectivity index (χ2n) is 2.18. The van der Waals surface area contributed by atoms with Crippen LogP contribution < -0.4 is 5.73 Å². The van der Waals surface area contributed by atoms with Crippen molar-refractivity contribution in [1.82, 2.24) is 0 Å². The molecule has 1 aromatic carbocycles. The highest BCUT2D eigenvalue weighted by atomic mass is 79.9. The predicted octanol–water partition coefficient (Wildman–Crippen LogP) is 1.65. The van der Waals surface area contributed by atoms with E-state index in [4.69, 9.17) is 5.73 Å². The minimum absolute atomic E-state index is 0.523. The van der Waals surface area contributed by atoms with Crippen molar-refractivity contribution in [1.29, 1.82) is 0 Å². The van der Waals surface area contributed by atoms with Crippen LogP contribution in [0.5, 0.6) is 0 Å². The maximum absolute atomic E-state index is 10.3. The Bertz CT molecular complexity index is 262. The molecule has 11 heavy (non-hydrogen) atoms. The molecule has 1 rings (SSSR count). The number of nitrogens with two attached hydrogens (primary N) is 1. The lowest BCUT2D eigenvalue weighted by Gasteiger charge is -2.05. The zero-order valence-corrected chi connectivity index (χ0v) is 7.41. The summed E-state index contributed by atoms with van der Waals surface area (Å²) in [5.74, 6) is 0. The van der Waals surface area contributed by atoms with Gasteiger partial charge in [-0.3, -0.25) is 0 Å². The van der Waals surface area contributed by atoms with E-state index in [2.05, 4.69) is 15.9 Å². The first kappa shape index (κ1) is 8.43. The monoisotopic (exact) mass is 213 g/mol. The quantitative estimate of drug-likeness (QED) is 0.760. The van der Waals surface area contributed by atoms with Gasteiger partial charge in [-0.2, -0.15) is 0 Å². The van der Waals surface area contributed by atoms with Crippen LogP contribution in [0.1, 0.15) is 11.6 Å². The van der Waals surface area contributed by atoms with Crippen molar-refractivity contribution in [3.05, 3.63) is 34.3 Å². The molecule has 0 spiro atoms. The van der Waals surface area contributed by atoms with E-state index in [0.29, 0.717) is 0 Å². The summed E-state index contributed by atoms with van der Waals surface area (Å²) in [6, 6.07) is 6.89. The molecule has 2 nitrogen and oxygen atoms in total. The van der Waals surface area contributed by atoms with Crippen molar-refractivity contribution in [3.63, 3.8) is 0 Å². The Morgan fingerprint density at radius 2 is 2.09 bits per heavy atom. The van der Waals surface area contributed by atoms with Gasteiger partial charge in [-0.1, -0.05) is 34.1 Å². The van der Waals surface area contributed by atoms with Gasteiger partial charge in [0.05, 0.1) is 6.04 Å². The molecule has 0 amide bonds. The van der Waals surface area contributed by atoms with Crippen LogP contribution in [0.2, 0.25) is 0 Å². The number of rotatable bonds is 2. The number of hydrogen-bond donors (Lipinski definition) is 1.